The molecule has 0 saturated carbocycles. The molecule has 1 saturated heterocycles. The van der Waals surface area contributed by atoms with E-state index < -0.39 is 5.97 Å². The monoisotopic (exact) mass is 248 g/mol. The Balaban J connectivity index is 2.19. The third-order valence-corrected chi connectivity index (χ3v) is 3.92. The minimum absolute atomic E-state index is 0.141. The number of fused-ring (bicyclic) bond motifs is 1. The maximum absolute atomic E-state index is 11.1. The van der Waals surface area contributed by atoms with E-state index in [0.29, 0.717) is 0 Å². The SMILES string of the molecule is O=C(O)c1cc2sccc2c(N2CCCC2)n1. The molecule has 1 fully saturated rings. The van der Waals surface area contributed by atoms with Gasteiger partial charge in [-0.05, 0) is 30.4 Å². The molecule has 1 aliphatic rings. The van der Waals surface area contributed by atoms with E-state index in [1.54, 1.807) is 17.4 Å². The summed E-state index contributed by atoms with van der Waals surface area (Å²) in [5.41, 5.74) is 0.141. The molecule has 2 aromatic rings. The maximum atomic E-state index is 11.1. The summed E-state index contributed by atoms with van der Waals surface area (Å²) in [7, 11) is 0. The van der Waals surface area contributed by atoms with Gasteiger partial charge in [0.15, 0.2) is 5.69 Å². The van der Waals surface area contributed by atoms with Gasteiger partial charge in [0.05, 0.1) is 0 Å². The summed E-state index contributed by atoms with van der Waals surface area (Å²) in [5.74, 6) is -0.126. The summed E-state index contributed by atoms with van der Waals surface area (Å²) in [6.07, 6.45) is 2.31. The van der Waals surface area contributed by atoms with E-state index in [1.165, 1.54) is 0 Å². The molecule has 0 atom stereocenters. The van der Waals surface area contributed by atoms with Crippen LogP contribution in [-0.2, 0) is 0 Å². The first-order chi connectivity index (χ1) is 8.25. The second-order valence-electron chi connectivity index (χ2n) is 4.16. The third kappa shape index (κ3) is 1.76. The molecule has 0 aromatic carbocycles. The minimum atomic E-state index is -0.958. The van der Waals surface area contributed by atoms with Crippen LogP contribution in [0.3, 0.4) is 0 Å². The zero-order valence-electron chi connectivity index (χ0n) is 9.22. The van der Waals surface area contributed by atoms with Gasteiger partial charge in [-0.2, -0.15) is 0 Å². The molecule has 17 heavy (non-hydrogen) atoms. The van der Waals surface area contributed by atoms with E-state index in [4.69, 9.17) is 5.11 Å². The zero-order valence-corrected chi connectivity index (χ0v) is 10.0. The molecule has 1 aliphatic heterocycles. The Hall–Kier alpha value is -1.62. The normalized spacial score (nSPS) is 15.6. The average Bonchev–Trinajstić information content (AvgIpc) is 2.98. The summed E-state index contributed by atoms with van der Waals surface area (Å²) >= 11 is 1.56. The molecule has 0 spiro atoms. The summed E-state index contributed by atoms with van der Waals surface area (Å²) in [6, 6.07) is 3.67. The van der Waals surface area contributed by atoms with Gasteiger partial charge >= 0.3 is 5.97 Å². The number of aromatic nitrogens is 1. The van der Waals surface area contributed by atoms with E-state index in [9.17, 15) is 4.79 Å². The largest absolute Gasteiger partial charge is 0.477 e. The highest BCUT2D eigenvalue weighted by atomic mass is 32.1. The van der Waals surface area contributed by atoms with Gasteiger partial charge in [-0.15, -0.1) is 11.3 Å². The van der Waals surface area contributed by atoms with Crippen LogP contribution in [-0.4, -0.2) is 29.1 Å². The molecule has 0 amide bonds. The molecular formula is C12H12N2O2S. The van der Waals surface area contributed by atoms with Crippen LogP contribution in [0.5, 0.6) is 0 Å². The number of anilines is 1. The van der Waals surface area contributed by atoms with Crippen LogP contribution < -0.4 is 4.90 Å². The van der Waals surface area contributed by atoms with Gasteiger partial charge in [-0.25, -0.2) is 9.78 Å². The lowest BCUT2D eigenvalue weighted by Crippen LogP contribution is -2.20. The van der Waals surface area contributed by atoms with Crippen LogP contribution in [0.1, 0.15) is 23.3 Å². The number of rotatable bonds is 2. The predicted molar refractivity (Wildman–Crippen MR) is 68.0 cm³/mol. The Kier molecular flexibility index (Phi) is 2.48. The van der Waals surface area contributed by atoms with Gasteiger partial charge in [0.2, 0.25) is 0 Å². The van der Waals surface area contributed by atoms with Crippen molar-refractivity contribution >= 4 is 33.2 Å². The number of hydrogen-bond acceptors (Lipinski definition) is 4. The number of thiophene rings is 1. The van der Waals surface area contributed by atoms with Crippen molar-refractivity contribution in [1.29, 1.82) is 0 Å². The summed E-state index contributed by atoms with van der Waals surface area (Å²) in [4.78, 5) is 17.5. The molecule has 4 nitrogen and oxygen atoms in total. The number of pyridine rings is 1. The fourth-order valence-electron chi connectivity index (χ4n) is 2.23. The van der Waals surface area contributed by atoms with E-state index >= 15 is 0 Å². The molecule has 0 bridgehead atoms. The van der Waals surface area contributed by atoms with Gasteiger partial charge in [0.1, 0.15) is 5.82 Å². The van der Waals surface area contributed by atoms with E-state index in [0.717, 1.165) is 41.8 Å². The van der Waals surface area contributed by atoms with Crippen LogP contribution in [0.15, 0.2) is 17.5 Å². The van der Waals surface area contributed by atoms with Crippen LogP contribution in [0.4, 0.5) is 5.82 Å². The Labute approximate surface area is 103 Å². The highest BCUT2D eigenvalue weighted by molar-refractivity contribution is 7.17. The van der Waals surface area contributed by atoms with E-state index in [2.05, 4.69) is 9.88 Å². The van der Waals surface area contributed by atoms with Crippen molar-refractivity contribution in [3.05, 3.63) is 23.2 Å². The number of nitrogens with zero attached hydrogens (tertiary/aromatic N) is 2. The van der Waals surface area contributed by atoms with Crippen LogP contribution in [0, 0.1) is 0 Å². The van der Waals surface area contributed by atoms with E-state index in [-0.39, 0.29) is 5.69 Å². The second-order valence-corrected chi connectivity index (χ2v) is 5.11. The van der Waals surface area contributed by atoms with Crippen LogP contribution >= 0.6 is 11.3 Å². The molecule has 3 rings (SSSR count). The lowest BCUT2D eigenvalue weighted by Gasteiger charge is -2.17. The first-order valence-electron chi connectivity index (χ1n) is 5.62. The summed E-state index contributed by atoms with van der Waals surface area (Å²) < 4.78 is 0.999. The van der Waals surface area contributed by atoms with Crippen molar-refractivity contribution in [1.82, 2.24) is 4.98 Å². The molecule has 0 radical (unpaired) electrons. The van der Waals surface area contributed by atoms with Crippen molar-refractivity contribution in [2.75, 3.05) is 18.0 Å². The molecule has 0 unspecified atom stereocenters. The molecular weight excluding hydrogens is 236 g/mol. The number of aromatic carboxylic acids is 1. The fraction of sp³-hybridized carbons (Fsp3) is 0.333. The lowest BCUT2D eigenvalue weighted by atomic mass is 10.2. The van der Waals surface area contributed by atoms with Crippen molar-refractivity contribution in [2.45, 2.75) is 12.8 Å². The second kappa shape index (κ2) is 4.00. The standard InChI is InChI=1S/C12H12N2O2S/c15-12(16)9-7-10-8(3-6-17-10)11(13-9)14-4-1-2-5-14/h3,6-7H,1-2,4-5H2,(H,15,16). The topological polar surface area (TPSA) is 53.4 Å². The molecule has 1 N–H and O–H groups in total. The number of carbonyl (C=O) groups is 1. The van der Waals surface area contributed by atoms with Crippen LogP contribution in [0.2, 0.25) is 0 Å². The molecule has 0 aliphatic carbocycles. The lowest BCUT2D eigenvalue weighted by molar-refractivity contribution is 0.0691. The van der Waals surface area contributed by atoms with Crippen LogP contribution in [0.25, 0.3) is 10.1 Å². The first kappa shape index (κ1) is 10.5. The minimum Gasteiger partial charge on any atom is -0.477 e. The highest BCUT2D eigenvalue weighted by Gasteiger charge is 2.19. The van der Waals surface area contributed by atoms with Gasteiger partial charge in [-0.1, -0.05) is 0 Å². The summed E-state index contributed by atoms with van der Waals surface area (Å²) in [5, 5.41) is 12.1. The molecule has 3 heterocycles. The highest BCUT2D eigenvalue weighted by Crippen LogP contribution is 2.31. The Bertz CT molecular complexity index is 573. The van der Waals surface area contributed by atoms with Crippen molar-refractivity contribution in [3.63, 3.8) is 0 Å². The fourth-order valence-corrected chi connectivity index (χ4v) is 3.04. The van der Waals surface area contributed by atoms with Crippen molar-refractivity contribution in [2.24, 2.45) is 0 Å². The average molecular weight is 248 g/mol. The Morgan fingerprint density at radius 2 is 2.18 bits per heavy atom. The molecule has 2 aromatic heterocycles. The third-order valence-electron chi connectivity index (χ3n) is 3.05. The van der Waals surface area contributed by atoms with Gasteiger partial charge in [0.25, 0.3) is 0 Å². The Morgan fingerprint density at radius 3 is 2.88 bits per heavy atom. The zero-order chi connectivity index (χ0) is 11.8. The molecule has 5 heteroatoms. The number of carboxylic acids is 1. The predicted octanol–water partition coefficient (Wildman–Crippen LogP) is 2.59. The number of hydrogen-bond donors (Lipinski definition) is 1. The summed E-state index contributed by atoms with van der Waals surface area (Å²) in [6.45, 7) is 1.95. The Morgan fingerprint density at radius 1 is 1.41 bits per heavy atom. The number of carboxylic acid groups (broad SMARTS) is 1. The van der Waals surface area contributed by atoms with Gasteiger partial charge < -0.3 is 10.0 Å². The van der Waals surface area contributed by atoms with E-state index in [1.807, 2.05) is 11.4 Å². The molecule has 88 valence electrons. The first-order valence-corrected chi connectivity index (χ1v) is 6.50. The van der Waals surface area contributed by atoms with Crippen molar-refractivity contribution < 1.29 is 9.90 Å². The van der Waals surface area contributed by atoms with Crippen molar-refractivity contribution in [3.8, 4) is 0 Å². The maximum Gasteiger partial charge on any atom is 0.354 e. The quantitative estimate of drug-likeness (QED) is 0.887. The smallest absolute Gasteiger partial charge is 0.354 e. The van der Waals surface area contributed by atoms with Gasteiger partial charge in [-0.3, -0.25) is 0 Å². The van der Waals surface area contributed by atoms with Gasteiger partial charge in [0, 0.05) is 23.2 Å².